The number of aromatic nitrogens is 4. The first-order valence-corrected chi connectivity index (χ1v) is 8.42. The molecule has 0 saturated carbocycles. The summed E-state index contributed by atoms with van der Waals surface area (Å²) in [6, 6.07) is -0.133. The van der Waals surface area contributed by atoms with Gasteiger partial charge in [0.15, 0.2) is 11.2 Å². The summed E-state index contributed by atoms with van der Waals surface area (Å²) in [5, 5.41) is 0. The summed E-state index contributed by atoms with van der Waals surface area (Å²) in [6.07, 6.45) is 6.54. The Morgan fingerprint density at radius 2 is 2.42 bits per heavy atom. The number of rotatable bonds is 6. The van der Waals surface area contributed by atoms with Crippen LogP contribution in [0, 0.1) is 0 Å². The third-order valence-corrected chi connectivity index (χ3v) is 4.42. The van der Waals surface area contributed by atoms with Gasteiger partial charge in [-0.05, 0) is 6.42 Å². The molecule has 0 fully saturated rings. The molecule has 0 bridgehead atoms. The lowest BCUT2D eigenvalue weighted by Gasteiger charge is -2.26. The average molecular weight is 354 g/mol. The molecular weight excluding hydrogens is 337 g/mol. The second kappa shape index (κ2) is 6.40. The number of aromatic amines is 1. The highest BCUT2D eigenvalue weighted by molar-refractivity contribution is 7.32. The van der Waals surface area contributed by atoms with E-state index in [1.807, 2.05) is 19.1 Å². The Labute approximate surface area is 137 Å². The van der Waals surface area contributed by atoms with Crippen LogP contribution in [0.5, 0.6) is 0 Å². The summed E-state index contributed by atoms with van der Waals surface area (Å²) in [7, 11) is -2.70. The largest absolute Gasteiger partial charge is 0.697 e. The number of nitrogens with one attached hydrogen (secondary N) is 1. The maximum Gasteiger partial charge on any atom is 0.697 e. The van der Waals surface area contributed by atoms with Crippen molar-refractivity contribution in [1.29, 1.82) is 0 Å². The number of fused-ring (bicyclic) bond motifs is 1. The maximum absolute atomic E-state index is 11.9. The van der Waals surface area contributed by atoms with E-state index in [1.54, 1.807) is 4.57 Å². The quantitative estimate of drug-likeness (QED) is 0.395. The van der Waals surface area contributed by atoms with Gasteiger partial charge in [-0.15, -0.1) is 4.89 Å². The van der Waals surface area contributed by atoms with E-state index in [1.165, 1.54) is 6.33 Å². The van der Waals surface area contributed by atoms with Crippen molar-refractivity contribution in [2.45, 2.75) is 31.4 Å². The molecule has 0 aliphatic heterocycles. The van der Waals surface area contributed by atoms with E-state index in [2.05, 4.69) is 19.5 Å². The predicted octanol–water partition coefficient (Wildman–Crippen LogP) is 0.992. The zero-order valence-corrected chi connectivity index (χ0v) is 13.8. The van der Waals surface area contributed by atoms with E-state index in [9.17, 15) is 9.36 Å². The number of nitrogens with zero attached hydrogens (tertiary/aromatic N) is 3. The van der Waals surface area contributed by atoms with Gasteiger partial charge in [0.1, 0.15) is 0 Å². The Morgan fingerprint density at radius 1 is 1.62 bits per heavy atom. The minimum absolute atomic E-state index is 0.0226. The van der Waals surface area contributed by atoms with Crippen molar-refractivity contribution in [3.63, 3.8) is 0 Å². The van der Waals surface area contributed by atoms with Gasteiger partial charge < -0.3 is 15.0 Å². The molecule has 2 aromatic heterocycles. The van der Waals surface area contributed by atoms with Crippen LogP contribution < -0.4 is 11.3 Å². The second-order valence-corrected chi connectivity index (χ2v) is 6.19. The zero-order chi connectivity index (χ0) is 17.3. The monoisotopic (exact) mass is 354 g/mol. The van der Waals surface area contributed by atoms with E-state index in [0.717, 1.165) is 0 Å². The van der Waals surface area contributed by atoms with Crippen LogP contribution in [0.3, 0.4) is 0 Å². The molecule has 1 unspecified atom stereocenters. The smallest absolute Gasteiger partial charge is 0.369 e. The van der Waals surface area contributed by atoms with Gasteiger partial charge in [-0.25, -0.2) is 4.98 Å². The van der Waals surface area contributed by atoms with Crippen LogP contribution >= 0.6 is 8.25 Å². The standard InChI is InChI=1S/C13H16N5O5P/c1-2-13(22-7-23-24(20)21)4-3-8(5-13)18-6-15-9-10(18)16-12(14)17-11(9)19/h3-4,6,8H,2,5,7H2,1H3,(H3-,14,16,17,19,20,21)/p+1/t8-,13+/m0/s1. The van der Waals surface area contributed by atoms with E-state index in [4.69, 9.17) is 15.4 Å². The molecule has 4 N–H and O–H groups in total. The molecule has 1 aliphatic carbocycles. The zero-order valence-electron chi connectivity index (χ0n) is 12.9. The van der Waals surface area contributed by atoms with Gasteiger partial charge in [-0.2, -0.15) is 4.98 Å². The number of allylic oxidation sites excluding steroid dienone is 1. The van der Waals surface area contributed by atoms with Crippen molar-refractivity contribution in [2.24, 2.45) is 0 Å². The van der Waals surface area contributed by atoms with Gasteiger partial charge >= 0.3 is 8.25 Å². The fourth-order valence-corrected chi connectivity index (χ4v) is 2.96. The Morgan fingerprint density at radius 3 is 3.12 bits per heavy atom. The van der Waals surface area contributed by atoms with Crippen molar-refractivity contribution in [1.82, 2.24) is 19.5 Å². The second-order valence-electron chi connectivity index (χ2n) is 5.45. The molecule has 0 amide bonds. The lowest BCUT2D eigenvalue weighted by atomic mass is 9.99. The van der Waals surface area contributed by atoms with E-state index >= 15 is 0 Å². The van der Waals surface area contributed by atoms with Crippen LogP contribution in [0.2, 0.25) is 0 Å². The summed E-state index contributed by atoms with van der Waals surface area (Å²) in [6.45, 7) is 1.66. The van der Waals surface area contributed by atoms with Crippen LogP contribution in [-0.2, 0) is 13.8 Å². The molecule has 3 atom stereocenters. The Hall–Kier alpha value is -2.13. The Balaban J connectivity index is 1.84. The summed E-state index contributed by atoms with van der Waals surface area (Å²) in [5.41, 5.74) is 5.20. The molecule has 10 nitrogen and oxygen atoms in total. The van der Waals surface area contributed by atoms with Crippen LogP contribution in [0.4, 0.5) is 5.95 Å². The number of nitrogens with two attached hydrogens (primary N) is 1. The third kappa shape index (κ3) is 3.09. The summed E-state index contributed by atoms with van der Waals surface area (Å²) in [5.74, 6) is 0.0226. The molecule has 0 radical (unpaired) electrons. The van der Waals surface area contributed by atoms with Gasteiger partial charge in [0.2, 0.25) is 12.7 Å². The van der Waals surface area contributed by atoms with Crippen molar-refractivity contribution in [3.8, 4) is 0 Å². The van der Waals surface area contributed by atoms with Gasteiger partial charge in [-0.3, -0.25) is 9.78 Å². The number of hydrogen-bond donors (Lipinski definition) is 3. The van der Waals surface area contributed by atoms with Crippen LogP contribution in [0.25, 0.3) is 11.2 Å². The van der Waals surface area contributed by atoms with Crippen LogP contribution in [-0.4, -0.2) is 36.8 Å². The van der Waals surface area contributed by atoms with Crippen molar-refractivity contribution in [2.75, 3.05) is 12.5 Å². The van der Waals surface area contributed by atoms with E-state index < -0.39 is 19.4 Å². The van der Waals surface area contributed by atoms with Gasteiger partial charge in [-0.1, -0.05) is 23.6 Å². The van der Waals surface area contributed by atoms with Crippen molar-refractivity contribution < 1.29 is 18.7 Å². The number of anilines is 1. The SMILES string of the molecule is CC[C@@]1(OCO[P+](=O)O)C=C[C@H](n2cnc3c(=O)[nH]c(N)nc32)C1. The van der Waals surface area contributed by atoms with E-state index in [0.29, 0.717) is 18.5 Å². The fourth-order valence-electron chi connectivity index (χ4n) is 2.81. The highest BCUT2D eigenvalue weighted by Crippen LogP contribution is 2.37. The molecule has 3 rings (SSSR count). The third-order valence-electron chi connectivity index (χ3n) is 4.09. The Bertz CT molecular complexity index is 862. The molecule has 11 heteroatoms. The Kier molecular flexibility index (Phi) is 4.46. The molecule has 0 aromatic carbocycles. The minimum Gasteiger partial charge on any atom is -0.369 e. The van der Waals surface area contributed by atoms with Crippen molar-refractivity contribution >= 4 is 25.4 Å². The lowest BCUT2D eigenvalue weighted by Crippen LogP contribution is -2.29. The molecule has 1 aliphatic rings. The summed E-state index contributed by atoms with van der Waals surface area (Å²) in [4.78, 5) is 31.2. The number of H-pyrrole nitrogens is 1. The van der Waals surface area contributed by atoms with Crippen molar-refractivity contribution in [3.05, 3.63) is 28.8 Å². The van der Waals surface area contributed by atoms with E-state index in [-0.39, 0.29) is 24.3 Å². The normalized spacial score (nSPS) is 23.9. The number of nitrogen functional groups attached to an aromatic ring is 1. The molecule has 0 spiro atoms. The lowest BCUT2D eigenvalue weighted by molar-refractivity contribution is -0.0839. The number of ether oxygens (including phenoxy) is 1. The average Bonchev–Trinajstić information content (AvgIpc) is 3.11. The first-order valence-electron chi connectivity index (χ1n) is 7.29. The van der Waals surface area contributed by atoms with Gasteiger partial charge in [0.25, 0.3) is 5.56 Å². The van der Waals surface area contributed by atoms with Gasteiger partial charge in [0.05, 0.1) is 18.0 Å². The molecule has 128 valence electrons. The topological polar surface area (TPSA) is 145 Å². The number of imidazole rings is 1. The molecule has 0 saturated heterocycles. The molecular formula is C13H17N5O5P+. The van der Waals surface area contributed by atoms with Crippen LogP contribution in [0.1, 0.15) is 25.8 Å². The first-order chi connectivity index (χ1) is 11.4. The van der Waals surface area contributed by atoms with Crippen LogP contribution in [0.15, 0.2) is 23.3 Å². The summed E-state index contributed by atoms with van der Waals surface area (Å²) >= 11 is 0. The summed E-state index contributed by atoms with van der Waals surface area (Å²) < 4.78 is 22.6. The molecule has 2 heterocycles. The molecule has 2 aromatic rings. The van der Waals surface area contributed by atoms with Gasteiger partial charge in [0, 0.05) is 11.0 Å². The maximum atomic E-state index is 11.9. The first kappa shape index (κ1) is 16.7. The molecule has 24 heavy (non-hydrogen) atoms. The predicted molar refractivity (Wildman–Crippen MR) is 85.2 cm³/mol. The minimum atomic E-state index is -2.70. The highest BCUT2D eigenvalue weighted by Gasteiger charge is 2.36. The number of hydrogen-bond acceptors (Lipinski definition) is 7. The fraction of sp³-hybridized carbons (Fsp3) is 0.462. The highest BCUT2D eigenvalue weighted by atomic mass is 31.1.